The minimum atomic E-state index is 0.0238. The molecule has 2 unspecified atom stereocenters. The number of benzene rings is 1. The molecule has 21 heavy (non-hydrogen) atoms. The summed E-state index contributed by atoms with van der Waals surface area (Å²) in [5.74, 6) is 0.0238. The van der Waals surface area contributed by atoms with Gasteiger partial charge < -0.3 is 10.2 Å². The molecule has 0 aliphatic heterocycles. The lowest BCUT2D eigenvalue weighted by atomic mass is 10.0. The van der Waals surface area contributed by atoms with E-state index < -0.39 is 0 Å². The number of halogens is 1. The van der Waals surface area contributed by atoms with Gasteiger partial charge in [0.1, 0.15) is 0 Å². The normalized spacial score (nSPS) is 13.5. The van der Waals surface area contributed by atoms with E-state index in [0.717, 1.165) is 30.5 Å². The highest BCUT2D eigenvalue weighted by molar-refractivity contribution is 9.10. The van der Waals surface area contributed by atoms with Crippen LogP contribution < -0.4 is 10.2 Å². The molecule has 0 aliphatic rings. The summed E-state index contributed by atoms with van der Waals surface area (Å²) in [5.41, 5.74) is 2.50. The van der Waals surface area contributed by atoms with Gasteiger partial charge in [-0.05, 0) is 51.4 Å². The first-order chi connectivity index (χ1) is 10.0. The Morgan fingerprint density at radius 3 is 2.62 bits per heavy atom. The predicted octanol–water partition coefficient (Wildman–Crippen LogP) is 4.50. The second kappa shape index (κ2) is 9.07. The monoisotopic (exact) mass is 351 g/mol. The molecule has 0 amide bonds. The third-order valence-electron chi connectivity index (χ3n) is 3.60. The molecule has 2 atom stereocenters. The second-order valence-electron chi connectivity index (χ2n) is 5.45. The van der Waals surface area contributed by atoms with Crippen molar-refractivity contribution in [1.29, 1.82) is 5.26 Å². The van der Waals surface area contributed by atoms with Crippen LogP contribution in [0.3, 0.4) is 0 Å². The number of nitriles is 1. The maximum absolute atomic E-state index is 9.08. The van der Waals surface area contributed by atoms with Gasteiger partial charge >= 0.3 is 0 Å². The molecule has 3 nitrogen and oxygen atoms in total. The van der Waals surface area contributed by atoms with Gasteiger partial charge in [0.25, 0.3) is 0 Å². The highest BCUT2D eigenvalue weighted by Crippen LogP contribution is 2.30. The fourth-order valence-electron chi connectivity index (χ4n) is 2.40. The summed E-state index contributed by atoms with van der Waals surface area (Å²) in [6, 6.07) is 9.05. The first-order valence-electron chi connectivity index (χ1n) is 7.70. The average Bonchev–Trinajstić information content (AvgIpc) is 2.49. The van der Waals surface area contributed by atoms with Gasteiger partial charge in [-0.3, -0.25) is 0 Å². The summed E-state index contributed by atoms with van der Waals surface area (Å²) in [4.78, 5) is 2.29. The fraction of sp³-hybridized carbons (Fsp3) is 0.588. The van der Waals surface area contributed by atoms with Crippen molar-refractivity contribution < 1.29 is 0 Å². The molecule has 1 rings (SSSR count). The van der Waals surface area contributed by atoms with Crippen LogP contribution in [-0.2, 0) is 0 Å². The molecular formula is C17H26BrN3. The van der Waals surface area contributed by atoms with E-state index in [2.05, 4.69) is 71.2 Å². The molecular weight excluding hydrogens is 326 g/mol. The van der Waals surface area contributed by atoms with E-state index in [-0.39, 0.29) is 5.92 Å². The molecule has 1 aromatic carbocycles. The third kappa shape index (κ3) is 5.33. The summed E-state index contributed by atoms with van der Waals surface area (Å²) < 4.78 is 1.08. The van der Waals surface area contributed by atoms with Crippen LogP contribution in [0, 0.1) is 17.2 Å². The Hall–Kier alpha value is -1.05. The maximum Gasteiger partial charge on any atom is 0.0671 e. The zero-order valence-corrected chi connectivity index (χ0v) is 15.1. The zero-order chi connectivity index (χ0) is 15.8. The van der Waals surface area contributed by atoms with E-state index in [1.807, 2.05) is 6.92 Å². The topological polar surface area (TPSA) is 39.1 Å². The van der Waals surface area contributed by atoms with E-state index in [9.17, 15) is 0 Å². The van der Waals surface area contributed by atoms with Crippen LogP contribution in [0.2, 0.25) is 0 Å². The van der Waals surface area contributed by atoms with Crippen LogP contribution in [0.15, 0.2) is 22.7 Å². The Morgan fingerprint density at radius 1 is 1.33 bits per heavy atom. The molecule has 1 N–H and O–H groups in total. The summed E-state index contributed by atoms with van der Waals surface area (Å²) in [7, 11) is 0. The van der Waals surface area contributed by atoms with Gasteiger partial charge in [-0.25, -0.2) is 0 Å². The minimum Gasteiger partial charge on any atom is -0.370 e. The zero-order valence-electron chi connectivity index (χ0n) is 13.5. The van der Waals surface area contributed by atoms with Gasteiger partial charge in [-0.15, -0.1) is 0 Å². The van der Waals surface area contributed by atoms with E-state index in [0.29, 0.717) is 6.04 Å². The third-order valence-corrected chi connectivity index (χ3v) is 4.09. The molecule has 0 aromatic heterocycles. The van der Waals surface area contributed by atoms with Crippen molar-refractivity contribution in [2.75, 3.05) is 24.5 Å². The molecule has 1 aromatic rings. The first kappa shape index (κ1) is 18.0. The van der Waals surface area contributed by atoms with Crippen LogP contribution >= 0.6 is 15.9 Å². The highest BCUT2D eigenvalue weighted by atomic mass is 79.9. The van der Waals surface area contributed by atoms with Crippen molar-refractivity contribution in [3.05, 3.63) is 28.2 Å². The summed E-state index contributed by atoms with van der Waals surface area (Å²) in [6.45, 7) is 11.2. The number of nitrogens with zero attached hydrogens (tertiary/aromatic N) is 2. The minimum absolute atomic E-state index is 0.0238. The molecule has 0 fully saturated rings. The SMILES string of the molecule is CCCNC(C)c1ccc(Br)cc1N(CC)CC(C)C#N. The van der Waals surface area contributed by atoms with Gasteiger partial charge in [-0.1, -0.05) is 28.9 Å². The van der Waals surface area contributed by atoms with Gasteiger partial charge in [0.15, 0.2) is 0 Å². The Kier molecular flexibility index (Phi) is 7.77. The second-order valence-corrected chi connectivity index (χ2v) is 6.36. The Morgan fingerprint density at radius 2 is 2.05 bits per heavy atom. The Bertz CT molecular complexity index is 481. The lowest BCUT2D eigenvalue weighted by molar-refractivity contribution is 0.567. The van der Waals surface area contributed by atoms with Crippen LogP contribution in [-0.4, -0.2) is 19.6 Å². The van der Waals surface area contributed by atoms with Gasteiger partial charge in [0, 0.05) is 29.3 Å². The number of hydrogen-bond donors (Lipinski definition) is 1. The highest BCUT2D eigenvalue weighted by Gasteiger charge is 2.16. The molecule has 0 bridgehead atoms. The Balaban J connectivity index is 3.07. The smallest absolute Gasteiger partial charge is 0.0671 e. The molecule has 0 aliphatic carbocycles. The predicted molar refractivity (Wildman–Crippen MR) is 93.5 cm³/mol. The van der Waals surface area contributed by atoms with E-state index >= 15 is 0 Å². The van der Waals surface area contributed by atoms with Gasteiger partial charge in [-0.2, -0.15) is 5.26 Å². The van der Waals surface area contributed by atoms with Gasteiger partial charge in [0.2, 0.25) is 0 Å². The van der Waals surface area contributed by atoms with Gasteiger partial charge in [0.05, 0.1) is 12.0 Å². The molecule has 0 spiro atoms. The van der Waals surface area contributed by atoms with E-state index in [1.165, 1.54) is 11.3 Å². The van der Waals surface area contributed by atoms with E-state index in [1.54, 1.807) is 0 Å². The molecule has 0 radical (unpaired) electrons. The maximum atomic E-state index is 9.08. The van der Waals surface area contributed by atoms with Crippen molar-refractivity contribution in [1.82, 2.24) is 5.32 Å². The standard InChI is InChI=1S/C17H26BrN3/c1-5-9-20-14(4)16-8-7-15(18)10-17(16)21(6-2)12-13(3)11-19/h7-8,10,13-14,20H,5-6,9,12H2,1-4H3. The lowest BCUT2D eigenvalue weighted by Crippen LogP contribution is -2.30. The summed E-state index contributed by atoms with van der Waals surface area (Å²) in [6.07, 6.45) is 1.12. The molecule has 116 valence electrons. The van der Waals surface area contributed by atoms with E-state index in [4.69, 9.17) is 5.26 Å². The largest absolute Gasteiger partial charge is 0.370 e. The quantitative estimate of drug-likeness (QED) is 0.749. The first-order valence-corrected chi connectivity index (χ1v) is 8.50. The average molecular weight is 352 g/mol. The molecule has 0 saturated heterocycles. The van der Waals surface area contributed by atoms with Crippen molar-refractivity contribution in [2.45, 2.75) is 40.2 Å². The molecule has 0 heterocycles. The van der Waals surface area contributed by atoms with Crippen LogP contribution in [0.4, 0.5) is 5.69 Å². The van der Waals surface area contributed by atoms with Crippen LogP contribution in [0.5, 0.6) is 0 Å². The van der Waals surface area contributed by atoms with Crippen LogP contribution in [0.1, 0.15) is 45.7 Å². The lowest BCUT2D eigenvalue weighted by Gasteiger charge is -2.29. The van der Waals surface area contributed by atoms with Crippen molar-refractivity contribution in [3.63, 3.8) is 0 Å². The van der Waals surface area contributed by atoms with Crippen molar-refractivity contribution in [3.8, 4) is 6.07 Å². The Labute approximate surface area is 137 Å². The van der Waals surface area contributed by atoms with Crippen molar-refractivity contribution in [2.24, 2.45) is 5.92 Å². The number of rotatable bonds is 8. The number of hydrogen-bond acceptors (Lipinski definition) is 3. The van der Waals surface area contributed by atoms with Crippen LogP contribution in [0.25, 0.3) is 0 Å². The number of nitrogens with one attached hydrogen (secondary N) is 1. The summed E-state index contributed by atoms with van der Waals surface area (Å²) in [5, 5.41) is 12.6. The summed E-state index contributed by atoms with van der Waals surface area (Å²) >= 11 is 3.57. The molecule has 4 heteroatoms. The van der Waals surface area contributed by atoms with Crippen molar-refractivity contribution >= 4 is 21.6 Å². The molecule has 0 saturated carbocycles. The number of anilines is 1. The fourth-order valence-corrected chi connectivity index (χ4v) is 2.75.